The molecule has 0 bridgehead atoms. The van der Waals surface area contributed by atoms with Gasteiger partial charge in [-0.15, -0.1) is 0 Å². The average molecular weight is 304 g/mol. The minimum atomic E-state index is 0.435. The van der Waals surface area contributed by atoms with Crippen molar-refractivity contribution in [2.45, 2.75) is 12.8 Å². The lowest BCUT2D eigenvalue weighted by molar-refractivity contribution is 0.134. The Morgan fingerprint density at radius 3 is 2.76 bits per heavy atom. The van der Waals surface area contributed by atoms with Crippen LogP contribution in [0.25, 0.3) is 11.4 Å². The Hall–Kier alpha value is -1.65. The molecule has 1 aromatic carbocycles. The van der Waals surface area contributed by atoms with Gasteiger partial charge in [0, 0.05) is 24.8 Å². The van der Waals surface area contributed by atoms with E-state index >= 15 is 0 Å². The van der Waals surface area contributed by atoms with Crippen molar-refractivity contribution in [3.8, 4) is 11.4 Å². The molecule has 110 valence electrons. The van der Waals surface area contributed by atoms with E-state index in [0.717, 1.165) is 23.9 Å². The predicted octanol–water partition coefficient (Wildman–Crippen LogP) is 3.64. The number of nitrogens with zero attached hydrogens (tertiary/aromatic N) is 2. The van der Waals surface area contributed by atoms with Crippen molar-refractivity contribution in [3.05, 3.63) is 41.6 Å². The first-order valence-corrected chi connectivity index (χ1v) is 7.61. The number of anilines is 1. The molecule has 3 rings (SSSR count). The fourth-order valence-corrected chi connectivity index (χ4v) is 2.19. The second kappa shape index (κ2) is 6.87. The lowest BCUT2D eigenvalue weighted by Gasteiger charge is -2.08. The van der Waals surface area contributed by atoms with E-state index in [-0.39, 0.29) is 0 Å². The maximum atomic E-state index is 6.07. The third-order valence-electron chi connectivity index (χ3n) is 3.33. The molecule has 1 N–H and O–H groups in total. The van der Waals surface area contributed by atoms with Crippen molar-refractivity contribution in [1.82, 2.24) is 9.97 Å². The molecule has 0 amide bonds. The summed E-state index contributed by atoms with van der Waals surface area (Å²) in [7, 11) is 0. The summed E-state index contributed by atoms with van der Waals surface area (Å²) in [5.74, 6) is 2.15. The summed E-state index contributed by atoms with van der Waals surface area (Å²) in [5.41, 5.74) is 0.952. The van der Waals surface area contributed by atoms with Crippen LogP contribution in [0.15, 0.2) is 36.4 Å². The van der Waals surface area contributed by atoms with Crippen LogP contribution >= 0.6 is 11.6 Å². The Balaban J connectivity index is 1.58. The number of halogens is 1. The van der Waals surface area contributed by atoms with Gasteiger partial charge in [-0.25, -0.2) is 9.97 Å². The molecule has 0 saturated heterocycles. The molecule has 0 aliphatic heterocycles. The molecule has 0 spiro atoms. The quantitative estimate of drug-likeness (QED) is 0.627. The van der Waals surface area contributed by atoms with Gasteiger partial charge in [-0.2, -0.15) is 0 Å². The van der Waals surface area contributed by atoms with Crippen LogP contribution in [0.5, 0.6) is 0 Å². The second-order valence-corrected chi connectivity index (χ2v) is 5.60. The van der Waals surface area contributed by atoms with Crippen molar-refractivity contribution < 1.29 is 4.74 Å². The van der Waals surface area contributed by atoms with Crippen molar-refractivity contribution in [2.75, 3.05) is 25.1 Å². The van der Waals surface area contributed by atoms with Crippen molar-refractivity contribution in [2.24, 2.45) is 5.92 Å². The van der Waals surface area contributed by atoms with Crippen molar-refractivity contribution >= 4 is 17.4 Å². The molecule has 5 heteroatoms. The summed E-state index contributed by atoms with van der Waals surface area (Å²) in [5, 5.41) is 3.66. The highest BCUT2D eigenvalue weighted by molar-refractivity contribution is 6.29. The topological polar surface area (TPSA) is 47.0 Å². The molecule has 1 saturated carbocycles. The normalized spacial score (nSPS) is 14.1. The van der Waals surface area contributed by atoms with Crippen LogP contribution in [-0.2, 0) is 4.74 Å². The zero-order chi connectivity index (χ0) is 14.5. The Labute approximate surface area is 129 Å². The van der Waals surface area contributed by atoms with Gasteiger partial charge >= 0.3 is 0 Å². The highest BCUT2D eigenvalue weighted by Gasteiger charge is 2.20. The van der Waals surface area contributed by atoms with Gasteiger partial charge in [-0.05, 0) is 18.8 Å². The summed E-state index contributed by atoms with van der Waals surface area (Å²) in [6.07, 6.45) is 2.63. The van der Waals surface area contributed by atoms with E-state index in [4.69, 9.17) is 16.3 Å². The fraction of sp³-hybridized carbons (Fsp3) is 0.375. The summed E-state index contributed by atoms with van der Waals surface area (Å²) in [6, 6.07) is 11.5. The van der Waals surface area contributed by atoms with Crippen molar-refractivity contribution in [3.63, 3.8) is 0 Å². The number of ether oxygens (including phenoxy) is 1. The Morgan fingerprint density at radius 1 is 1.19 bits per heavy atom. The van der Waals surface area contributed by atoms with Gasteiger partial charge < -0.3 is 10.1 Å². The third-order valence-corrected chi connectivity index (χ3v) is 3.52. The van der Waals surface area contributed by atoms with Crippen molar-refractivity contribution in [1.29, 1.82) is 0 Å². The van der Waals surface area contributed by atoms with E-state index < -0.39 is 0 Å². The third kappa shape index (κ3) is 4.41. The number of aromatic nitrogens is 2. The van der Waals surface area contributed by atoms with Gasteiger partial charge in [0.1, 0.15) is 11.0 Å². The van der Waals surface area contributed by atoms with Crippen LogP contribution in [0.4, 0.5) is 5.82 Å². The summed E-state index contributed by atoms with van der Waals surface area (Å²) in [4.78, 5) is 8.75. The number of nitrogens with one attached hydrogen (secondary N) is 1. The maximum absolute atomic E-state index is 6.07. The Bertz CT molecular complexity index is 587. The zero-order valence-electron chi connectivity index (χ0n) is 11.8. The van der Waals surface area contributed by atoms with Crippen LogP contribution in [-0.4, -0.2) is 29.7 Å². The second-order valence-electron chi connectivity index (χ2n) is 5.21. The summed E-state index contributed by atoms with van der Waals surface area (Å²) < 4.78 is 5.59. The van der Waals surface area contributed by atoms with E-state index in [9.17, 15) is 0 Å². The van der Waals surface area contributed by atoms with Gasteiger partial charge in [-0.3, -0.25) is 0 Å². The van der Waals surface area contributed by atoms with Crippen LogP contribution in [0, 0.1) is 5.92 Å². The number of hydrogen-bond donors (Lipinski definition) is 1. The molecule has 0 atom stereocenters. The minimum Gasteiger partial charge on any atom is -0.379 e. The highest BCUT2D eigenvalue weighted by atomic mass is 35.5. The smallest absolute Gasteiger partial charge is 0.163 e. The number of rotatable bonds is 7. The zero-order valence-corrected chi connectivity index (χ0v) is 12.5. The summed E-state index contributed by atoms with van der Waals surface area (Å²) in [6.45, 7) is 2.27. The van der Waals surface area contributed by atoms with Crippen LogP contribution in [0.1, 0.15) is 12.8 Å². The van der Waals surface area contributed by atoms with Gasteiger partial charge in [0.25, 0.3) is 0 Å². The monoisotopic (exact) mass is 303 g/mol. The van der Waals surface area contributed by atoms with E-state index in [0.29, 0.717) is 24.1 Å². The molecule has 21 heavy (non-hydrogen) atoms. The first-order chi connectivity index (χ1) is 10.3. The molecule has 0 unspecified atom stereocenters. The molecule has 1 aliphatic rings. The standard InChI is InChI=1S/C16H18ClN3O/c17-14-10-15(18-8-9-21-11-12-6-7-12)20-16(19-14)13-4-2-1-3-5-13/h1-5,10,12H,6-9,11H2,(H,18,19,20). The number of hydrogen-bond acceptors (Lipinski definition) is 4. The Morgan fingerprint density at radius 2 is 2.00 bits per heavy atom. The molecule has 4 nitrogen and oxygen atoms in total. The number of benzene rings is 1. The van der Waals surface area contributed by atoms with E-state index in [1.54, 1.807) is 6.07 Å². The first kappa shape index (κ1) is 14.3. The largest absolute Gasteiger partial charge is 0.379 e. The maximum Gasteiger partial charge on any atom is 0.163 e. The predicted molar refractivity (Wildman–Crippen MR) is 84.5 cm³/mol. The van der Waals surface area contributed by atoms with Crippen LogP contribution < -0.4 is 5.32 Å². The van der Waals surface area contributed by atoms with Gasteiger partial charge in [-0.1, -0.05) is 41.9 Å². The van der Waals surface area contributed by atoms with Crippen LogP contribution in [0.3, 0.4) is 0 Å². The average Bonchev–Trinajstić information content (AvgIpc) is 3.31. The Kier molecular flexibility index (Phi) is 4.68. The molecule has 0 radical (unpaired) electrons. The molecule has 1 aromatic heterocycles. The summed E-state index contributed by atoms with van der Waals surface area (Å²) >= 11 is 6.07. The van der Waals surface area contributed by atoms with Gasteiger partial charge in [0.05, 0.1) is 6.61 Å². The molecule has 2 aromatic rings. The minimum absolute atomic E-state index is 0.435. The lowest BCUT2D eigenvalue weighted by Crippen LogP contribution is -2.12. The first-order valence-electron chi connectivity index (χ1n) is 7.23. The lowest BCUT2D eigenvalue weighted by atomic mass is 10.2. The fourth-order valence-electron chi connectivity index (χ4n) is 2.01. The highest BCUT2D eigenvalue weighted by Crippen LogP contribution is 2.28. The molecule has 1 aliphatic carbocycles. The van der Waals surface area contributed by atoms with Crippen LogP contribution in [0.2, 0.25) is 5.15 Å². The van der Waals surface area contributed by atoms with E-state index in [2.05, 4.69) is 15.3 Å². The van der Waals surface area contributed by atoms with E-state index in [1.807, 2.05) is 30.3 Å². The molecular weight excluding hydrogens is 286 g/mol. The van der Waals surface area contributed by atoms with Gasteiger partial charge in [0.15, 0.2) is 5.82 Å². The SMILES string of the molecule is Clc1cc(NCCOCC2CC2)nc(-c2ccccc2)n1. The molecule has 1 heterocycles. The molecule has 1 fully saturated rings. The van der Waals surface area contributed by atoms with Gasteiger partial charge in [0.2, 0.25) is 0 Å². The molecular formula is C16H18ClN3O. The van der Waals surface area contributed by atoms with E-state index in [1.165, 1.54) is 12.8 Å².